The second-order valence-electron chi connectivity index (χ2n) is 5.82. The van der Waals surface area contributed by atoms with Gasteiger partial charge in [0.2, 0.25) is 5.91 Å². The minimum atomic E-state index is -0.101. The minimum Gasteiger partial charge on any atom is -0.493 e. The third kappa shape index (κ3) is 3.71. The number of methoxy groups -OCH3 is 1. The van der Waals surface area contributed by atoms with Gasteiger partial charge < -0.3 is 14.4 Å². The van der Waals surface area contributed by atoms with Gasteiger partial charge in [0.05, 0.1) is 18.2 Å². The average Bonchev–Trinajstić information content (AvgIpc) is 3.12. The summed E-state index contributed by atoms with van der Waals surface area (Å²) in [5.41, 5.74) is 2.91. The number of nitrogens with zero attached hydrogens (tertiary/aromatic N) is 3. The first kappa shape index (κ1) is 16.8. The van der Waals surface area contributed by atoms with Crippen molar-refractivity contribution in [3.63, 3.8) is 0 Å². The number of hydrogen-bond acceptors (Lipinski definition) is 4. The van der Waals surface area contributed by atoms with Gasteiger partial charge in [-0.3, -0.25) is 9.48 Å². The maximum atomic E-state index is 12.4. The average molecular weight is 350 g/mol. The summed E-state index contributed by atoms with van der Waals surface area (Å²) in [7, 11) is 3.31. The first-order valence-corrected chi connectivity index (χ1v) is 8.14. The molecular formula is C17H20ClN3O3. The molecule has 3 rings (SSSR count). The van der Waals surface area contributed by atoms with Crippen LogP contribution in [0.15, 0.2) is 24.4 Å². The molecule has 0 atom stereocenters. The van der Waals surface area contributed by atoms with Gasteiger partial charge in [0.25, 0.3) is 0 Å². The zero-order chi connectivity index (χ0) is 17.1. The standard InChI is InChI=1S/C17H20ClN3O3/c1-20-9-14(18)15(19-20)10-21(17(22)11-23-2)8-12-3-4-16-13(7-12)5-6-24-16/h3-4,7,9H,5-6,8,10-11H2,1-2H3. The molecule has 1 amide bonds. The Morgan fingerprint density at radius 2 is 2.29 bits per heavy atom. The van der Waals surface area contributed by atoms with E-state index in [-0.39, 0.29) is 12.5 Å². The van der Waals surface area contributed by atoms with Gasteiger partial charge in [-0.1, -0.05) is 23.7 Å². The first-order valence-electron chi connectivity index (χ1n) is 7.76. The molecule has 2 heterocycles. The van der Waals surface area contributed by atoms with Gasteiger partial charge in [-0.05, 0) is 17.2 Å². The van der Waals surface area contributed by atoms with Gasteiger partial charge >= 0.3 is 0 Å². The maximum absolute atomic E-state index is 12.4. The lowest BCUT2D eigenvalue weighted by molar-refractivity contribution is -0.136. The Kier molecular flexibility index (Phi) is 5.06. The van der Waals surface area contributed by atoms with Crippen molar-refractivity contribution in [2.75, 3.05) is 20.3 Å². The number of aromatic nitrogens is 2. The lowest BCUT2D eigenvalue weighted by Gasteiger charge is -2.22. The molecule has 128 valence electrons. The molecule has 7 heteroatoms. The van der Waals surface area contributed by atoms with Crippen LogP contribution < -0.4 is 4.74 Å². The molecule has 1 aliphatic rings. The van der Waals surface area contributed by atoms with Crippen LogP contribution in [0.5, 0.6) is 5.75 Å². The molecule has 0 saturated heterocycles. The van der Waals surface area contributed by atoms with Gasteiger partial charge in [-0.2, -0.15) is 5.10 Å². The molecule has 0 unspecified atom stereocenters. The quantitative estimate of drug-likeness (QED) is 0.802. The third-order valence-corrected chi connectivity index (χ3v) is 4.26. The molecule has 1 aromatic carbocycles. The summed E-state index contributed by atoms with van der Waals surface area (Å²) in [4.78, 5) is 14.1. The van der Waals surface area contributed by atoms with E-state index < -0.39 is 0 Å². The fraction of sp³-hybridized carbons (Fsp3) is 0.412. The van der Waals surface area contributed by atoms with Gasteiger partial charge in [-0.25, -0.2) is 0 Å². The highest BCUT2D eigenvalue weighted by Gasteiger charge is 2.19. The molecular weight excluding hydrogens is 330 g/mol. The normalized spacial score (nSPS) is 12.8. The Hall–Kier alpha value is -2.05. The molecule has 0 fully saturated rings. The number of carbonyl (C=O) groups excluding carboxylic acids is 1. The number of amides is 1. The summed E-state index contributed by atoms with van der Waals surface area (Å²) >= 11 is 6.18. The molecule has 24 heavy (non-hydrogen) atoms. The van der Waals surface area contributed by atoms with Gasteiger partial charge in [0.1, 0.15) is 18.1 Å². The maximum Gasteiger partial charge on any atom is 0.249 e. The van der Waals surface area contributed by atoms with Gasteiger partial charge in [0.15, 0.2) is 0 Å². The van der Waals surface area contributed by atoms with E-state index in [1.165, 1.54) is 12.7 Å². The van der Waals surface area contributed by atoms with Crippen molar-refractivity contribution in [2.24, 2.45) is 7.05 Å². The van der Waals surface area contributed by atoms with Crippen LogP contribution in [0.2, 0.25) is 5.02 Å². The van der Waals surface area contributed by atoms with Crippen molar-refractivity contribution in [1.82, 2.24) is 14.7 Å². The lowest BCUT2D eigenvalue weighted by atomic mass is 10.1. The Morgan fingerprint density at radius 1 is 1.46 bits per heavy atom. The number of benzene rings is 1. The molecule has 6 nitrogen and oxygen atoms in total. The van der Waals surface area contributed by atoms with Crippen molar-refractivity contribution in [1.29, 1.82) is 0 Å². The van der Waals surface area contributed by atoms with E-state index >= 15 is 0 Å². The number of carbonyl (C=O) groups is 1. The zero-order valence-corrected chi connectivity index (χ0v) is 14.5. The number of hydrogen-bond donors (Lipinski definition) is 0. The summed E-state index contributed by atoms with van der Waals surface area (Å²) in [6.07, 6.45) is 2.63. The lowest BCUT2D eigenvalue weighted by Crippen LogP contribution is -2.33. The van der Waals surface area contributed by atoms with Crippen molar-refractivity contribution in [3.05, 3.63) is 46.2 Å². The molecule has 1 aliphatic heterocycles. The van der Waals surface area contributed by atoms with Crippen molar-refractivity contribution in [3.8, 4) is 5.75 Å². The Morgan fingerprint density at radius 3 is 3.00 bits per heavy atom. The summed E-state index contributed by atoms with van der Waals surface area (Å²) in [6, 6.07) is 6.04. The fourth-order valence-corrected chi connectivity index (χ4v) is 3.04. The van der Waals surface area contributed by atoms with Gasteiger partial charge in [0, 0.05) is 33.3 Å². The van der Waals surface area contributed by atoms with E-state index in [1.54, 1.807) is 22.8 Å². The molecule has 0 radical (unpaired) electrons. The SMILES string of the molecule is COCC(=O)N(Cc1ccc2c(c1)CCO2)Cc1nn(C)cc1Cl. The largest absolute Gasteiger partial charge is 0.493 e. The second-order valence-corrected chi connectivity index (χ2v) is 6.23. The van der Waals surface area contributed by atoms with Crippen LogP contribution in [0.4, 0.5) is 0 Å². The summed E-state index contributed by atoms with van der Waals surface area (Å²) < 4.78 is 12.2. The third-order valence-electron chi connectivity index (χ3n) is 3.94. The summed E-state index contributed by atoms with van der Waals surface area (Å²) in [5, 5.41) is 4.87. The number of rotatable bonds is 6. The van der Waals surface area contributed by atoms with E-state index in [1.807, 2.05) is 12.1 Å². The summed E-state index contributed by atoms with van der Waals surface area (Å²) in [5.74, 6) is 0.831. The Balaban J connectivity index is 1.79. The second kappa shape index (κ2) is 7.23. The zero-order valence-electron chi connectivity index (χ0n) is 13.8. The van der Waals surface area contributed by atoms with Crippen LogP contribution in [-0.4, -0.2) is 40.9 Å². The van der Waals surface area contributed by atoms with Crippen LogP contribution in [0.3, 0.4) is 0 Å². The van der Waals surface area contributed by atoms with Crippen molar-refractivity contribution >= 4 is 17.5 Å². The molecule has 0 aliphatic carbocycles. The van der Waals surface area contributed by atoms with Crippen LogP contribution >= 0.6 is 11.6 Å². The highest BCUT2D eigenvalue weighted by molar-refractivity contribution is 6.31. The molecule has 0 spiro atoms. The highest BCUT2D eigenvalue weighted by atomic mass is 35.5. The number of fused-ring (bicyclic) bond motifs is 1. The number of ether oxygens (including phenoxy) is 2. The highest BCUT2D eigenvalue weighted by Crippen LogP contribution is 2.27. The van der Waals surface area contributed by atoms with E-state index in [0.717, 1.165) is 17.7 Å². The first-order chi connectivity index (χ1) is 11.6. The van der Waals surface area contributed by atoms with Crippen LogP contribution in [-0.2, 0) is 36.1 Å². The minimum absolute atomic E-state index is 0.0263. The Labute approximate surface area is 145 Å². The monoisotopic (exact) mass is 349 g/mol. The van der Waals surface area contributed by atoms with E-state index in [0.29, 0.717) is 30.4 Å². The van der Waals surface area contributed by atoms with Crippen LogP contribution in [0.25, 0.3) is 0 Å². The number of aryl methyl sites for hydroxylation is 1. The summed E-state index contributed by atoms with van der Waals surface area (Å²) in [6.45, 7) is 1.56. The molecule has 0 saturated carbocycles. The Bertz CT molecular complexity index is 745. The van der Waals surface area contributed by atoms with Crippen molar-refractivity contribution < 1.29 is 14.3 Å². The fourth-order valence-electron chi connectivity index (χ4n) is 2.80. The predicted octanol–water partition coefficient (Wildman–Crippen LogP) is 2.18. The van der Waals surface area contributed by atoms with Gasteiger partial charge in [-0.15, -0.1) is 0 Å². The smallest absolute Gasteiger partial charge is 0.249 e. The molecule has 0 N–H and O–H groups in total. The van der Waals surface area contributed by atoms with Crippen LogP contribution in [0.1, 0.15) is 16.8 Å². The van der Waals surface area contributed by atoms with E-state index in [4.69, 9.17) is 21.1 Å². The molecule has 1 aromatic heterocycles. The van der Waals surface area contributed by atoms with Crippen LogP contribution in [0, 0.1) is 0 Å². The topological polar surface area (TPSA) is 56.6 Å². The molecule has 0 bridgehead atoms. The number of halogens is 1. The van der Waals surface area contributed by atoms with Crippen molar-refractivity contribution in [2.45, 2.75) is 19.5 Å². The predicted molar refractivity (Wildman–Crippen MR) is 90.0 cm³/mol. The molecule has 2 aromatic rings. The van der Waals surface area contributed by atoms with E-state index in [2.05, 4.69) is 11.2 Å². The van der Waals surface area contributed by atoms with E-state index in [9.17, 15) is 4.79 Å².